The molecule has 0 aromatic carbocycles. The van der Waals surface area contributed by atoms with Gasteiger partial charge in [-0.2, -0.15) is 10.2 Å². The van der Waals surface area contributed by atoms with Crippen LogP contribution in [0.25, 0.3) is 11.3 Å². The molecule has 106 valence electrons. The van der Waals surface area contributed by atoms with E-state index in [1.54, 1.807) is 17.1 Å². The van der Waals surface area contributed by atoms with Crippen LogP contribution in [0.5, 0.6) is 0 Å². The second-order valence-electron chi connectivity index (χ2n) is 5.20. The fourth-order valence-corrected chi connectivity index (χ4v) is 2.78. The van der Waals surface area contributed by atoms with Gasteiger partial charge >= 0.3 is 5.97 Å². The molecule has 0 radical (unpaired) electrons. The lowest BCUT2D eigenvalue weighted by molar-refractivity contribution is 0.0697. The highest BCUT2D eigenvalue weighted by molar-refractivity contribution is 5.94. The largest absolute Gasteiger partial charge is 0.478 e. The standard InChI is InChI=1S/C14H18N4O2/c1-2-17-8-10(7-15-17)13-12(14(19)20)9-18(16-13)11-5-3-4-6-11/h7-9,11H,2-6H2,1H3,(H,19,20). The molecule has 6 heteroatoms. The van der Waals surface area contributed by atoms with Crippen LogP contribution in [-0.2, 0) is 6.54 Å². The molecule has 2 aromatic heterocycles. The number of nitrogens with zero attached hydrogens (tertiary/aromatic N) is 4. The number of carboxylic acids is 1. The van der Waals surface area contributed by atoms with Gasteiger partial charge in [0.1, 0.15) is 11.3 Å². The molecule has 1 N–H and O–H groups in total. The maximum absolute atomic E-state index is 11.4. The molecule has 3 rings (SSSR count). The van der Waals surface area contributed by atoms with Crippen LogP contribution in [0.1, 0.15) is 49.0 Å². The minimum Gasteiger partial charge on any atom is -0.478 e. The number of hydrogen-bond acceptors (Lipinski definition) is 3. The number of aromatic nitrogens is 4. The molecule has 0 spiro atoms. The van der Waals surface area contributed by atoms with Gasteiger partial charge in [0, 0.05) is 24.5 Å². The third-order valence-electron chi connectivity index (χ3n) is 3.89. The van der Waals surface area contributed by atoms with Crippen LogP contribution >= 0.6 is 0 Å². The third kappa shape index (κ3) is 2.21. The molecule has 2 heterocycles. The van der Waals surface area contributed by atoms with Gasteiger partial charge in [-0.15, -0.1) is 0 Å². The highest BCUT2D eigenvalue weighted by atomic mass is 16.4. The monoisotopic (exact) mass is 274 g/mol. The molecular formula is C14H18N4O2. The molecule has 0 unspecified atom stereocenters. The molecule has 1 aliphatic rings. The van der Waals surface area contributed by atoms with E-state index < -0.39 is 5.97 Å². The summed E-state index contributed by atoms with van der Waals surface area (Å²) < 4.78 is 3.60. The lowest BCUT2D eigenvalue weighted by atomic mass is 10.1. The van der Waals surface area contributed by atoms with E-state index in [0.29, 0.717) is 11.7 Å². The maximum atomic E-state index is 11.4. The second-order valence-corrected chi connectivity index (χ2v) is 5.20. The van der Waals surface area contributed by atoms with Gasteiger partial charge in [-0.3, -0.25) is 9.36 Å². The molecule has 0 bridgehead atoms. The molecular weight excluding hydrogens is 256 g/mol. The average molecular weight is 274 g/mol. The van der Waals surface area contributed by atoms with Crippen molar-refractivity contribution in [1.29, 1.82) is 0 Å². The van der Waals surface area contributed by atoms with Crippen LogP contribution in [0.3, 0.4) is 0 Å². The Morgan fingerprint density at radius 1 is 1.40 bits per heavy atom. The molecule has 1 aliphatic carbocycles. The minimum atomic E-state index is -0.937. The molecule has 0 saturated heterocycles. The molecule has 0 amide bonds. The Hall–Kier alpha value is -2.11. The predicted octanol–water partition coefficient (Wildman–Crippen LogP) is 2.58. The van der Waals surface area contributed by atoms with Crippen LogP contribution in [-0.4, -0.2) is 30.6 Å². The van der Waals surface area contributed by atoms with Gasteiger partial charge in [0.05, 0.1) is 12.2 Å². The number of carbonyl (C=O) groups is 1. The zero-order valence-electron chi connectivity index (χ0n) is 11.5. The Balaban J connectivity index is 2.01. The second kappa shape index (κ2) is 5.11. The van der Waals surface area contributed by atoms with Crippen molar-refractivity contribution in [1.82, 2.24) is 19.6 Å². The quantitative estimate of drug-likeness (QED) is 0.930. The number of aromatic carboxylic acids is 1. The van der Waals surface area contributed by atoms with E-state index in [4.69, 9.17) is 0 Å². The van der Waals surface area contributed by atoms with E-state index in [1.165, 1.54) is 12.8 Å². The van der Waals surface area contributed by atoms with Crippen molar-refractivity contribution in [2.75, 3.05) is 0 Å². The van der Waals surface area contributed by atoms with E-state index >= 15 is 0 Å². The van der Waals surface area contributed by atoms with Crippen LogP contribution < -0.4 is 0 Å². The Morgan fingerprint density at radius 2 is 2.15 bits per heavy atom. The summed E-state index contributed by atoms with van der Waals surface area (Å²) in [7, 11) is 0. The van der Waals surface area contributed by atoms with Crippen molar-refractivity contribution in [3.8, 4) is 11.3 Å². The van der Waals surface area contributed by atoms with Crippen LogP contribution in [0.15, 0.2) is 18.6 Å². The molecule has 20 heavy (non-hydrogen) atoms. The molecule has 0 aliphatic heterocycles. The molecule has 1 fully saturated rings. The Kier molecular flexibility index (Phi) is 3.30. The fraction of sp³-hybridized carbons (Fsp3) is 0.500. The van der Waals surface area contributed by atoms with Gasteiger partial charge in [-0.05, 0) is 19.8 Å². The fourth-order valence-electron chi connectivity index (χ4n) is 2.78. The van der Waals surface area contributed by atoms with Gasteiger partial charge in [-0.25, -0.2) is 4.79 Å². The van der Waals surface area contributed by atoms with Gasteiger partial charge in [0.25, 0.3) is 0 Å². The first-order valence-electron chi connectivity index (χ1n) is 7.04. The highest BCUT2D eigenvalue weighted by Crippen LogP contribution is 2.31. The molecule has 0 atom stereocenters. The highest BCUT2D eigenvalue weighted by Gasteiger charge is 2.23. The minimum absolute atomic E-state index is 0.257. The lowest BCUT2D eigenvalue weighted by Crippen LogP contribution is -2.05. The smallest absolute Gasteiger partial charge is 0.339 e. The summed E-state index contributed by atoms with van der Waals surface area (Å²) >= 11 is 0. The SMILES string of the molecule is CCn1cc(-c2nn(C3CCCC3)cc2C(=O)O)cn1. The number of rotatable bonds is 4. The lowest BCUT2D eigenvalue weighted by Gasteiger charge is -2.08. The number of hydrogen-bond donors (Lipinski definition) is 1. The zero-order valence-corrected chi connectivity index (χ0v) is 11.5. The summed E-state index contributed by atoms with van der Waals surface area (Å²) in [5.41, 5.74) is 1.54. The van der Waals surface area contributed by atoms with Crippen molar-refractivity contribution in [3.05, 3.63) is 24.2 Å². The summed E-state index contributed by atoms with van der Waals surface area (Å²) in [5.74, 6) is -0.937. The first-order chi connectivity index (χ1) is 9.69. The van der Waals surface area contributed by atoms with E-state index in [0.717, 1.165) is 24.9 Å². The average Bonchev–Trinajstić information content (AvgIpc) is 3.17. The third-order valence-corrected chi connectivity index (χ3v) is 3.89. The number of carboxylic acid groups (broad SMARTS) is 1. The van der Waals surface area contributed by atoms with Crippen molar-refractivity contribution in [2.45, 2.75) is 45.2 Å². The van der Waals surface area contributed by atoms with Crippen molar-refractivity contribution in [2.24, 2.45) is 0 Å². The first kappa shape index (κ1) is 12.9. The first-order valence-corrected chi connectivity index (χ1v) is 7.04. The summed E-state index contributed by atoms with van der Waals surface area (Å²) in [6.07, 6.45) is 9.72. The normalized spacial score (nSPS) is 15.8. The summed E-state index contributed by atoms with van der Waals surface area (Å²) in [6.45, 7) is 2.75. The molecule has 2 aromatic rings. The van der Waals surface area contributed by atoms with Gasteiger partial charge in [0.2, 0.25) is 0 Å². The van der Waals surface area contributed by atoms with E-state index in [-0.39, 0.29) is 5.56 Å². The molecule has 1 saturated carbocycles. The van der Waals surface area contributed by atoms with Crippen LogP contribution in [0.2, 0.25) is 0 Å². The van der Waals surface area contributed by atoms with Crippen molar-refractivity contribution in [3.63, 3.8) is 0 Å². The Morgan fingerprint density at radius 3 is 2.75 bits per heavy atom. The van der Waals surface area contributed by atoms with Gasteiger partial charge in [-0.1, -0.05) is 12.8 Å². The maximum Gasteiger partial charge on any atom is 0.339 e. The summed E-state index contributed by atoms with van der Waals surface area (Å²) in [5, 5.41) is 18.1. The van der Waals surface area contributed by atoms with Gasteiger partial charge in [0.15, 0.2) is 0 Å². The van der Waals surface area contributed by atoms with Crippen molar-refractivity contribution < 1.29 is 9.90 Å². The van der Waals surface area contributed by atoms with E-state index in [2.05, 4.69) is 10.2 Å². The van der Waals surface area contributed by atoms with Crippen molar-refractivity contribution >= 4 is 5.97 Å². The number of aryl methyl sites for hydroxylation is 1. The van der Waals surface area contributed by atoms with E-state index in [1.807, 2.05) is 17.8 Å². The zero-order chi connectivity index (χ0) is 14.1. The molecule has 6 nitrogen and oxygen atoms in total. The van der Waals surface area contributed by atoms with E-state index in [9.17, 15) is 9.90 Å². The predicted molar refractivity (Wildman–Crippen MR) is 73.6 cm³/mol. The Labute approximate surface area is 117 Å². The van der Waals surface area contributed by atoms with Crippen LogP contribution in [0.4, 0.5) is 0 Å². The van der Waals surface area contributed by atoms with Gasteiger partial charge < -0.3 is 5.11 Å². The summed E-state index contributed by atoms with van der Waals surface area (Å²) in [4.78, 5) is 11.4. The topological polar surface area (TPSA) is 72.9 Å². The Bertz CT molecular complexity index is 623. The van der Waals surface area contributed by atoms with Crippen LogP contribution in [0, 0.1) is 0 Å². The summed E-state index contributed by atoms with van der Waals surface area (Å²) in [6, 6.07) is 0.336.